The number of anilines is 2. The van der Waals surface area contributed by atoms with E-state index < -0.39 is 0 Å². The summed E-state index contributed by atoms with van der Waals surface area (Å²) in [6.45, 7) is 7.38. The van der Waals surface area contributed by atoms with Crippen LogP contribution in [0.1, 0.15) is 30.1 Å². The molecule has 0 atom stereocenters. The maximum atomic E-state index is 12.7. The van der Waals surface area contributed by atoms with Gasteiger partial charge in [-0.1, -0.05) is 23.5 Å². The number of thiazole rings is 1. The zero-order chi connectivity index (χ0) is 25.1. The van der Waals surface area contributed by atoms with Crippen molar-refractivity contribution in [3.05, 3.63) is 48.0 Å². The molecule has 188 valence electrons. The van der Waals surface area contributed by atoms with Crippen LogP contribution in [-0.4, -0.2) is 73.5 Å². The van der Waals surface area contributed by atoms with Gasteiger partial charge in [0.15, 0.2) is 5.13 Å². The minimum Gasteiger partial charge on any atom is -0.492 e. The molecule has 0 aliphatic carbocycles. The number of ether oxygens (including phenoxy) is 1. The van der Waals surface area contributed by atoms with Crippen LogP contribution in [0.5, 0.6) is 5.75 Å². The number of rotatable bonds is 8. The van der Waals surface area contributed by atoms with Crippen molar-refractivity contribution in [2.45, 2.75) is 19.8 Å². The number of nitrogens with one attached hydrogen (secondary N) is 1. The Morgan fingerprint density at radius 2 is 1.81 bits per heavy atom. The zero-order valence-electron chi connectivity index (χ0n) is 20.2. The molecule has 5 rings (SSSR count). The Labute approximate surface area is 213 Å². The SMILES string of the molecule is CCOc1cccc2sc(N3CCN(CCNC(=O)c4cccc(N5C(=O)CCC5=O)c4)CC3)nc12. The van der Waals surface area contributed by atoms with Gasteiger partial charge in [0.05, 0.1) is 17.0 Å². The molecule has 1 aromatic heterocycles. The Hall–Kier alpha value is -3.50. The van der Waals surface area contributed by atoms with Crippen molar-refractivity contribution in [1.29, 1.82) is 0 Å². The number of hydrogen-bond acceptors (Lipinski definition) is 8. The molecular formula is C26H29N5O4S. The number of piperazine rings is 1. The highest BCUT2D eigenvalue weighted by atomic mass is 32.1. The van der Waals surface area contributed by atoms with E-state index in [1.54, 1.807) is 35.6 Å². The summed E-state index contributed by atoms with van der Waals surface area (Å²) >= 11 is 1.69. The molecule has 9 nitrogen and oxygen atoms in total. The number of benzene rings is 2. The standard InChI is InChI=1S/C26H29N5O4S/c1-2-35-20-7-4-8-21-24(20)28-26(36-21)30-15-13-29(14-16-30)12-11-27-25(34)18-5-3-6-19(17-18)31-22(32)9-10-23(31)33/h3-8,17H,2,9-16H2,1H3,(H,27,34). The summed E-state index contributed by atoms with van der Waals surface area (Å²) in [5.41, 5.74) is 1.81. The predicted octanol–water partition coefficient (Wildman–Crippen LogP) is 2.90. The third-order valence-corrected chi connectivity index (χ3v) is 7.53. The zero-order valence-corrected chi connectivity index (χ0v) is 21.1. The first-order chi connectivity index (χ1) is 17.5. The molecule has 10 heteroatoms. The van der Waals surface area contributed by atoms with Gasteiger partial charge in [-0.15, -0.1) is 0 Å². The molecule has 0 bridgehead atoms. The molecule has 3 amide bonds. The van der Waals surface area contributed by atoms with Crippen molar-refractivity contribution < 1.29 is 19.1 Å². The van der Waals surface area contributed by atoms with E-state index in [0.717, 1.165) is 53.8 Å². The lowest BCUT2D eigenvalue weighted by atomic mass is 10.1. The number of carbonyl (C=O) groups excluding carboxylic acids is 3. The Balaban J connectivity index is 1.11. The number of nitrogens with zero attached hydrogens (tertiary/aromatic N) is 4. The van der Waals surface area contributed by atoms with Gasteiger partial charge in [0.25, 0.3) is 5.91 Å². The molecule has 1 N–H and O–H groups in total. The molecule has 0 spiro atoms. The Morgan fingerprint density at radius 1 is 1.06 bits per heavy atom. The number of carbonyl (C=O) groups is 3. The average Bonchev–Trinajstić information content (AvgIpc) is 3.48. The third kappa shape index (κ3) is 5.05. The molecule has 0 radical (unpaired) electrons. The van der Waals surface area contributed by atoms with E-state index in [1.165, 1.54) is 4.90 Å². The highest BCUT2D eigenvalue weighted by Crippen LogP contribution is 2.34. The lowest BCUT2D eigenvalue weighted by molar-refractivity contribution is -0.121. The van der Waals surface area contributed by atoms with Gasteiger partial charge in [0.1, 0.15) is 11.3 Å². The van der Waals surface area contributed by atoms with E-state index in [0.29, 0.717) is 24.4 Å². The summed E-state index contributed by atoms with van der Waals surface area (Å²) in [6, 6.07) is 12.7. The van der Waals surface area contributed by atoms with Gasteiger partial charge in [0.2, 0.25) is 11.8 Å². The van der Waals surface area contributed by atoms with Crippen LogP contribution in [0, 0.1) is 0 Å². The van der Waals surface area contributed by atoms with E-state index in [9.17, 15) is 14.4 Å². The van der Waals surface area contributed by atoms with Crippen molar-refractivity contribution in [3.8, 4) is 5.75 Å². The average molecular weight is 508 g/mol. The highest BCUT2D eigenvalue weighted by molar-refractivity contribution is 7.22. The predicted molar refractivity (Wildman–Crippen MR) is 140 cm³/mol. The maximum absolute atomic E-state index is 12.7. The first-order valence-corrected chi connectivity index (χ1v) is 13.1. The maximum Gasteiger partial charge on any atom is 0.251 e. The molecule has 36 heavy (non-hydrogen) atoms. The van der Waals surface area contributed by atoms with Gasteiger partial charge in [-0.25, -0.2) is 4.98 Å². The summed E-state index contributed by atoms with van der Waals surface area (Å²) in [7, 11) is 0. The van der Waals surface area contributed by atoms with Gasteiger partial charge >= 0.3 is 0 Å². The number of aromatic nitrogens is 1. The fourth-order valence-corrected chi connectivity index (χ4v) is 5.60. The molecule has 2 saturated heterocycles. The fourth-order valence-electron chi connectivity index (χ4n) is 4.56. The van der Waals surface area contributed by atoms with Gasteiger partial charge in [0, 0.05) is 57.7 Å². The summed E-state index contributed by atoms with van der Waals surface area (Å²) < 4.78 is 6.85. The number of para-hydroxylation sites is 1. The van der Waals surface area contributed by atoms with E-state index >= 15 is 0 Å². The normalized spacial score (nSPS) is 16.7. The van der Waals surface area contributed by atoms with Crippen LogP contribution in [0.2, 0.25) is 0 Å². The fraction of sp³-hybridized carbons (Fsp3) is 0.385. The van der Waals surface area contributed by atoms with Crippen molar-refractivity contribution in [2.75, 3.05) is 55.7 Å². The second-order valence-electron chi connectivity index (χ2n) is 8.79. The summed E-state index contributed by atoms with van der Waals surface area (Å²) in [5.74, 6) is 0.166. The van der Waals surface area contributed by atoms with E-state index in [4.69, 9.17) is 9.72 Å². The summed E-state index contributed by atoms with van der Waals surface area (Å²) in [4.78, 5) is 47.3. The van der Waals surface area contributed by atoms with Gasteiger partial charge < -0.3 is 15.0 Å². The van der Waals surface area contributed by atoms with Crippen LogP contribution >= 0.6 is 11.3 Å². The van der Waals surface area contributed by atoms with Crippen molar-refractivity contribution in [1.82, 2.24) is 15.2 Å². The molecule has 0 saturated carbocycles. The van der Waals surface area contributed by atoms with Gasteiger partial charge in [-0.05, 0) is 37.3 Å². The molecule has 2 aromatic carbocycles. The molecule has 2 fully saturated rings. The quantitative estimate of drug-likeness (QED) is 0.469. The third-order valence-electron chi connectivity index (χ3n) is 6.44. The van der Waals surface area contributed by atoms with E-state index in [2.05, 4.69) is 21.2 Å². The molecular weight excluding hydrogens is 478 g/mol. The van der Waals surface area contributed by atoms with E-state index in [-0.39, 0.29) is 30.6 Å². The minimum absolute atomic E-state index is 0.214. The lowest BCUT2D eigenvalue weighted by Crippen LogP contribution is -2.48. The van der Waals surface area contributed by atoms with Crippen molar-refractivity contribution in [2.24, 2.45) is 0 Å². The van der Waals surface area contributed by atoms with Crippen LogP contribution < -0.4 is 19.9 Å². The topological polar surface area (TPSA) is 95.1 Å². The Kier molecular flexibility index (Phi) is 7.15. The molecule has 2 aliphatic heterocycles. The number of fused-ring (bicyclic) bond motifs is 1. The summed E-state index contributed by atoms with van der Waals surface area (Å²) in [6.07, 6.45) is 0.436. The lowest BCUT2D eigenvalue weighted by Gasteiger charge is -2.34. The van der Waals surface area contributed by atoms with Crippen LogP contribution in [0.4, 0.5) is 10.8 Å². The second kappa shape index (κ2) is 10.6. The second-order valence-corrected chi connectivity index (χ2v) is 9.80. The van der Waals surface area contributed by atoms with Crippen molar-refractivity contribution in [3.63, 3.8) is 0 Å². The molecule has 3 aromatic rings. The molecule has 3 heterocycles. The van der Waals surface area contributed by atoms with Gasteiger partial charge in [-0.2, -0.15) is 0 Å². The highest BCUT2D eigenvalue weighted by Gasteiger charge is 2.30. The van der Waals surface area contributed by atoms with E-state index in [1.807, 2.05) is 19.1 Å². The number of imide groups is 1. The Morgan fingerprint density at radius 3 is 2.56 bits per heavy atom. The first kappa shape index (κ1) is 24.2. The smallest absolute Gasteiger partial charge is 0.251 e. The van der Waals surface area contributed by atoms with Gasteiger partial charge in [-0.3, -0.25) is 24.2 Å². The first-order valence-electron chi connectivity index (χ1n) is 12.3. The largest absolute Gasteiger partial charge is 0.492 e. The number of hydrogen-bond donors (Lipinski definition) is 1. The van der Waals surface area contributed by atoms with Crippen LogP contribution in [0.25, 0.3) is 10.2 Å². The van der Waals surface area contributed by atoms with Crippen LogP contribution in [0.3, 0.4) is 0 Å². The molecule has 0 unspecified atom stereocenters. The monoisotopic (exact) mass is 507 g/mol. The number of amides is 3. The van der Waals surface area contributed by atoms with Crippen LogP contribution in [-0.2, 0) is 9.59 Å². The molecule has 2 aliphatic rings. The summed E-state index contributed by atoms with van der Waals surface area (Å²) in [5, 5.41) is 3.97. The van der Waals surface area contributed by atoms with Crippen molar-refractivity contribution >= 4 is 50.1 Å². The minimum atomic E-state index is -0.225. The Bertz CT molecular complexity index is 1270. The van der Waals surface area contributed by atoms with Crippen LogP contribution in [0.15, 0.2) is 42.5 Å².